The molecule has 1 atom stereocenters. The lowest BCUT2D eigenvalue weighted by Gasteiger charge is -2.09. The summed E-state index contributed by atoms with van der Waals surface area (Å²) in [4.78, 5) is 12.4. The Kier molecular flexibility index (Phi) is 4.46. The van der Waals surface area contributed by atoms with Crippen molar-refractivity contribution in [3.05, 3.63) is 48.3 Å². The second kappa shape index (κ2) is 6.69. The van der Waals surface area contributed by atoms with Gasteiger partial charge in [0.1, 0.15) is 0 Å². The number of rotatable bonds is 5. The van der Waals surface area contributed by atoms with Gasteiger partial charge in [-0.1, -0.05) is 13.3 Å². The van der Waals surface area contributed by atoms with Gasteiger partial charge < -0.3 is 14.8 Å². The van der Waals surface area contributed by atoms with Crippen LogP contribution in [0.25, 0.3) is 0 Å². The number of fused-ring (bicyclic) bond motifs is 1. The summed E-state index contributed by atoms with van der Waals surface area (Å²) in [6, 6.07) is 9.22. The highest BCUT2D eigenvalue weighted by Gasteiger charge is 2.22. The van der Waals surface area contributed by atoms with E-state index >= 15 is 0 Å². The maximum absolute atomic E-state index is 12.4. The van der Waals surface area contributed by atoms with Crippen molar-refractivity contribution in [2.24, 2.45) is 0 Å². The Morgan fingerprint density at radius 1 is 1.22 bits per heavy atom. The first kappa shape index (κ1) is 15.3. The molecule has 0 saturated heterocycles. The van der Waals surface area contributed by atoms with Crippen LogP contribution in [0, 0.1) is 0 Å². The minimum Gasteiger partial charge on any atom is -0.454 e. The lowest BCUT2D eigenvalue weighted by molar-refractivity contribution is -0.705. The van der Waals surface area contributed by atoms with Crippen molar-refractivity contribution in [3.63, 3.8) is 0 Å². The summed E-state index contributed by atoms with van der Waals surface area (Å²) in [6.07, 6.45) is 6.08. The van der Waals surface area contributed by atoms with Gasteiger partial charge >= 0.3 is 0 Å². The summed E-state index contributed by atoms with van der Waals surface area (Å²) >= 11 is 0. The molecule has 1 aromatic carbocycles. The third-order valence-electron chi connectivity index (χ3n) is 3.93. The molecule has 1 aliphatic heterocycles. The maximum atomic E-state index is 12.4. The third kappa shape index (κ3) is 3.44. The van der Waals surface area contributed by atoms with Gasteiger partial charge in [0, 0.05) is 30.8 Å². The molecule has 0 radical (unpaired) electrons. The van der Waals surface area contributed by atoms with E-state index in [1.54, 1.807) is 12.1 Å². The van der Waals surface area contributed by atoms with E-state index in [0.29, 0.717) is 17.2 Å². The monoisotopic (exact) mass is 313 g/mol. The SMILES string of the molecule is CCCc1cc[n+]([C@@H](C)C(=O)Nc2ccc3c(c2)OCO3)cc1. The highest BCUT2D eigenvalue weighted by atomic mass is 16.7. The standard InChI is InChI=1S/C18H20N2O3/c1-3-4-14-7-9-20(10-8-14)13(2)18(21)19-15-5-6-16-17(11-15)23-12-22-16/h5-11,13H,3-4,12H2,1-2H3/p+1/t13-/m0/s1. The van der Waals surface area contributed by atoms with Crippen molar-refractivity contribution in [2.45, 2.75) is 32.7 Å². The minimum atomic E-state index is -0.295. The molecular formula is C18H21N2O3+. The van der Waals surface area contributed by atoms with E-state index in [1.807, 2.05) is 30.0 Å². The first-order chi connectivity index (χ1) is 11.2. The zero-order valence-corrected chi connectivity index (χ0v) is 13.4. The van der Waals surface area contributed by atoms with Crippen LogP contribution in [-0.2, 0) is 11.2 Å². The lowest BCUT2D eigenvalue weighted by Crippen LogP contribution is -2.44. The number of anilines is 1. The predicted octanol–water partition coefficient (Wildman–Crippen LogP) is 2.86. The molecule has 3 rings (SSSR count). The molecule has 23 heavy (non-hydrogen) atoms. The van der Waals surface area contributed by atoms with Crippen LogP contribution in [0.2, 0.25) is 0 Å². The molecule has 5 nitrogen and oxygen atoms in total. The van der Waals surface area contributed by atoms with Crippen molar-refractivity contribution in [2.75, 3.05) is 12.1 Å². The van der Waals surface area contributed by atoms with Crippen LogP contribution in [0.3, 0.4) is 0 Å². The number of benzene rings is 1. The number of pyridine rings is 1. The fourth-order valence-electron chi connectivity index (χ4n) is 2.54. The summed E-state index contributed by atoms with van der Waals surface area (Å²) in [5.41, 5.74) is 1.99. The number of nitrogens with one attached hydrogen (secondary N) is 1. The Hall–Kier alpha value is -2.56. The molecule has 2 heterocycles. The Balaban J connectivity index is 1.67. The smallest absolute Gasteiger partial charge is 0.293 e. The van der Waals surface area contributed by atoms with Crippen molar-refractivity contribution in [1.29, 1.82) is 0 Å². The number of nitrogens with zero attached hydrogens (tertiary/aromatic N) is 1. The van der Waals surface area contributed by atoms with E-state index in [1.165, 1.54) is 5.56 Å². The molecular weight excluding hydrogens is 292 g/mol. The topological polar surface area (TPSA) is 51.4 Å². The van der Waals surface area contributed by atoms with Crippen LogP contribution in [0.15, 0.2) is 42.7 Å². The average molecular weight is 313 g/mol. The first-order valence-corrected chi connectivity index (χ1v) is 7.87. The summed E-state index contributed by atoms with van der Waals surface area (Å²) in [5, 5.41) is 2.91. The van der Waals surface area contributed by atoms with Gasteiger partial charge in [0.2, 0.25) is 12.8 Å². The highest BCUT2D eigenvalue weighted by molar-refractivity contribution is 5.92. The number of carbonyl (C=O) groups excluding carboxylic acids is 1. The molecule has 1 amide bonds. The number of aromatic nitrogens is 1. The molecule has 0 unspecified atom stereocenters. The predicted molar refractivity (Wildman–Crippen MR) is 86.5 cm³/mol. The normalized spacial score (nSPS) is 13.7. The summed E-state index contributed by atoms with van der Waals surface area (Å²) in [5.74, 6) is 1.29. The van der Waals surface area contributed by atoms with Crippen molar-refractivity contribution >= 4 is 11.6 Å². The zero-order valence-electron chi connectivity index (χ0n) is 13.4. The molecule has 0 saturated carbocycles. The van der Waals surface area contributed by atoms with Crippen LogP contribution in [0.4, 0.5) is 5.69 Å². The Morgan fingerprint density at radius 2 is 1.96 bits per heavy atom. The van der Waals surface area contributed by atoms with Gasteiger partial charge in [0.15, 0.2) is 23.9 Å². The number of hydrogen-bond donors (Lipinski definition) is 1. The maximum Gasteiger partial charge on any atom is 0.293 e. The van der Waals surface area contributed by atoms with Crippen LogP contribution in [-0.4, -0.2) is 12.7 Å². The summed E-state index contributed by atoms with van der Waals surface area (Å²) in [6.45, 7) is 4.26. The van der Waals surface area contributed by atoms with E-state index in [-0.39, 0.29) is 18.7 Å². The van der Waals surface area contributed by atoms with E-state index < -0.39 is 0 Å². The van der Waals surface area contributed by atoms with Crippen molar-refractivity contribution < 1.29 is 18.8 Å². The molecule has 1 aliphatic rings. The van der Waals surface area contributed by atoms with Gasteiger partial charge in [0.25, 0.3) is 5.91 Å². The number of hydrogen-bond acceptors (Lipinski definition) is 3. The van der Waals surface area contributed by atoms with Gasteiger partial charge in [-0.3, -0.25) is 4.79 Å². The van der Waals surface area contributed by atoms with E-state index in [9.17, 15) is 4.79 Å². The van der Waals surface area contributed by atoms with Crippen molar-refractivity contribution in [1.82, 2.24) is 0 Å². The van der Waals surface area contributed by atoms with Crippen LogP contribution < -0.4 is 19.4 Å². The van der Waals surface area contributed by atoms with Crippen LogP contribution in [0.1, 0.15) is 31.9 Å². The van der Waals surface area contributed by atoms with Gasteiger partial charge in [-0.15, -0.1) is 0 Å². The van der Waals surface area contributed by atoms with Crippen LogP contribution in [0.5, 0.6) is 11.5 Å². The van der Waals surface area contributed by atoms with E-state index in [0.717, 1.165) is 12.8 Å². The Bertz CT molecular complexity index is 698. The first-order valence-electron chi connectivity index (χ1n) is 7.87. The van der Waals surface area contributed by atoms with Gasteiger partial charge in [0.05, 0.1) is 0 Å². The van der Waals surface area contributed by atoms with Crippen molar-refractivity contribution in [3.8, 4) is 11.5 Å². The van der Waals surface area contributed by atoms with Crippen LogP contribution >= 0.6 is 0 Å². The fraction of sp³-hybridized carbons (Fsp3) is 0.333. The lowest BCUT2D eigenvalue weighted by atomic mass is 10.1. The molecule has 2 aromatic rings. The molecule has 5 heteroatoms. The molecule has 120 valence electrons. The second-order valence-electron chi connectivity index (χ2n) is 5.64. The van der Waals surface area contributed by atoms with E-state index in [4.69, 9.17) is 9.47 Å². The minimum absolute atomic E-state index is 0.0721. The average Bonchev–Trinajstić information content (AvgIpc) is 3.03. The largest absolute Gasteiger partial charge is 0.454 e. The third-order valence-corrected chi connectivity index (χ3v) is 3.93. The molecule has 0 aliphatic carbocycles. The molecule has 1 aromatic heterocycles. The number of ether oxygens (including phenoxy) is 2. The highest BCUT2D eigenvalue weighted by Crippen LogP contribution is 2.34. The molecule has 0 fully saturated rings. The number of carbonyl (C=O) groups is 1. The Labute approximate surface area is 135 Å². The fourth-order valence-corrected chi connectivity index (χ4v) is 2.54. The summed E-state index contributed by atoms with van der Waals surface area (Å²) < 4.78 is 12.5. The van der Waals surface area contributed by atoms with Gasteiger partial charge in [-0.2, -0.15) is 4.57 Å². The molecule has 0 bridgehead atoms. The van der Waals surface area contributed by atoms with E-state index in [2.05, 4.69) is 24.4 Å². The van der Waals surface area contributed by atoms with Gasteiger partial charge in [-0.05, 0) is 24.1 Å². The second-order valence-corrected chi connectivity index (χ2v) is 5.64. The summed E-state index contributed by atoms with van der Waals surface area (Å²) in [7, 11) is 0. The number of amides is 1. The molecule has 0 spiro atoms. The molecule has 1 N–H and O–H groups in total. The quantitative estimate of drug-likeness (QED) is 0.864. The Morgan fingerprint density at radius 3 is 2.70 bits per heavy atom. The van der Waals surface area contributed by atoms with Gasteiger partial charge in [-0.25, -0.2) is 0 Å². The zero-order chi connectivity index (χ0) is 16.2. The number of aryl methyl sites for hydroxylation is 1.